The van der Waals surface area contributed by atoms with E-state index in [9.17, 15) is 9.59 Å². The number of thiazole rings is 1. The Bertz CT molecular complexity index is 1070. The maximum absolute atomic E-state index is 13.0. The average molecular weight is 424 g/mol. The van der Waals surface area contributed by atoms with Crippen LogP contribution in [-0.4, -0.2) is 55.7 Å². The third-order valence-corrected chi connectivity index (χ3v) is 5.24. The zero-order valence-electron chi connectivity index (χ0n) is 16.5. The molecule has 10 nitrogen and oxygen atoms in total. The number of hydrogen-bond donors (Lipinski definition) is 2. The lowest BCUT2D eigenvalue weighted by Crippen LogP contribution is -2.23. The Morgan fingerprint density at radius 2 is 1.93 bits per heavy atom. The number of hydrogen-bond acceptors (Lipinski definition) is 9. The summed E-state index contributed by atoms with van der Waals surface area (Å²) in [4.78, 5) is 47.5. The normalized spacial score (nSPS) is 13.0. The molecule has 3 heterocycles. The largest absolute Gasteiger partial charge is 0.348 e. The first-order chi connectivity index (χ1) is 14.5. The molecule has 0 saturated heterocycles. The lowest BCUT2D eigenvalue weighted by atomic mass is 10.2. The lowest BCUT2D eigenvalue weighted by molar-refractivity contribution is -0.128. The van der Waals surface area contributed by atoms with E-state index in [1.54, 1.807) is 38.1 Å². The summed E-state index contributed by atoms with van der Waals surface area (Å²) in [5, 5.41) is 7.96. The minimum atomic E-state index is -0.427. The van der Waals surface area contributed by atoms with Gasteiger partial charge in [0.15, 0.2) is 16.6 Å². The fourth-order valence-corrected chi connectivity index (χ4v) is 3.35. The van der Waals surface area contributed by atoms with Crippen LogP contribution in [0.5, 0.6) is 0 Å². The first-order valence-electron chi connectivity index (χ1n) is 9.34. The lowest BCUT2D eigenvalue weighted by Gasteiger charge is -2.11. The molecule has 1 aliphatic rings. The van der Waals surface area contributed by atoms with E-state index in [4.69, 9.17) is 0 Å². The maximum Gasteiger partial charge on any atom is 0.279 e. The van der Waals surface area contributed by atoms with Crippen molar-refractivity contribution >= 4 is 39.8 Å². The molecule has 0 bridgehead atoms. The third-order valence-electron chi connectivity index (χ3n) is 4.43. The van der Waals surface area contributed by atoms with Crippen molar-refractivity contribution in [2.45, 2.75) is 25.2 Å². The van der Waals surface area contributed by atoms with Crippen molar-refractivity contribution in [3.63, 3.8) is 0 Å². The highest BCUT2D eigenvalue weighted by molar-refractivity contribution is 7.14. The van der Waals surface area contributed by atoms with Gasteiger partial charge in [0.25, 0.3) is 5.91 Å². The van der Waals surface area contributed by atoms with Crippen LogP contribution in [0, 0.1) is 0 Å². The van der Waals surface area contributed by atoms with Crippen LogP contribution in [0.3, 0.4) is 0 Å². The molecule has 2 amide bonds. The molecule has 1 aliphatic carbocycles. The Hall–Kier alpha value is -3.47. The van der Waals surface area contributed by atoms with Crippen LogP contribution in [0.1, 0.15) is 40.6 Å². The molecule has 3 aromatic heterocycles. The van der Waals surface area contributed by atoms with Crippen LogP contribution in [0.15, 0.2) is 30.3 Å². The van der Waals surface area contributed by atoms with Crippen LogP contribution in [0.2, 0.25) is 0 Å². The van der Waals surface area contributed by atoms with Gasteiger partial charge >= 0.3 is 0 Å². The SMILES string of the molecule is CN(C)C(=O)Cc1csc(NC(=O)c2nc(C3CC3)cnc2Nc2cncnc2)n1. The zero-order chi connectivity index (χ0) is 21.1. The summed E-state index contributed by atoms with van der Waals surface area (Å²) < 4.78 is 0. The molecule has 2 N–H and O–H groups in total. The van der Waals surface area contributed by atoms with E-state index in [-0.39, 0.29) is 18.0 Å². The molecule has 0 spiro atoms. The molecule has 0 aromatic carbocycles. The summed E-state index contributed by atoms with van der Waals surface area (Å²) in [7, 11) is 3.38. The van der Waals surface area contributed by atoms with Gasteiger partial charge in [0, 0.05) is 25.4 Å². The second kappa shape index (κ2) is 8.49. The third kappa shape index (κ3) is 4.74. The van der Waals surface area contributed by atoms with E-state index in [0.717, 1.165) is 18.5 Å². The second-order valence-corrected chi connectivity index (χ2v) is 7.94. The van der Waals surface area contributed by atoms with Gasteiger partial charge in [-0.2, -0.15) is 0 Å². The van der Waals surface area contributed by atoms with Crippen molar-refractivity contribution in [2.24, 2.45) is 0 Å². The first-order valence-corrected chi connectivity index (χ1v) is 10.2. The maximum atomic E-state index is 13.0. The number of likely N-dealkylation sites (N-methyl/N-ethyl adjacent to an activating group) is 1. The fourth-order valence-electron chi connectivity index (χ4n) is 2.64. The molecule has 1 saturated carbocycles. The van der Waals surface area contributed by atoms with Crippen LogP contribution < -0.4 is 10.6 Å². The van der Waals surface area contributed by atoms with E-state index >= 15 is 0 Å². The van der Waals surface area contributed by atoms with E-state index in [0.29, 0.717) is 28.2 Å². The van der Waals surface area contributed by atoms with Crippen molar-refractivity contribution in [2.75, 3.05) is 24.7 Å². The van der Waals surface area contributed by atoms with Gasteiger partial charge in [-0.15, -0.1) is 11.3 Å². The van der Waals surface area contributed by atoms with E-state index in [2.05, 4.69) is 35.6 Å². The van der Waals surface area contributed by atoms with E-state index in [1.807, 2.05) is 0 Å². The van der Waals surface area contributed by atoms with Gasteiger partial charge in [0.2, 0.25) is 5.91 Å². The van der Waals surface area contributed by atoms with Gasteiger partial charge in [-0.1, -0.05) is 0 Å². The van der Waals surface area contributed by atoms with Crippen molar-refractivity contribution in [1.82, 2.24) is 29.8 Å². The zero-order valence-corrected chi connectivity index (χ0v) is 17.3. The Morgan fingerprint density at radius 1 is 1.17 bits per heavy atom. The Morgan fingerprint density at radius 3 is 2.63 bits per heavy atom. The van der Waals surface area contributed by atoms with E-state index in [1.165, 1.54) is 22.6 Å². The molecule has 1 fully saturated rings. The number of rotatable bonds is 7. The summed E-state index contributed by atoms with van der Waals surface area (Å²) in [6.07, 6.45) is 8.55. The van der Waals surface area contributed by atoms with Crippen molar-refractivity contribution in [3.8, 4) is 0 Å². The Balaban J connectivity index is 1.54. The van der Waals surface area contributed by atoms with Crippen LogP contribution >= 0.6 is 11.3 Å². The van der Waals surface area contributed by atoms with Crippen LogP contribution in [0.25, 0.3) is 0 Å². The molecule has 0 atom stereocenters. The minimum absolute atomic E-state index is 0.0576. The fraction of sp³-hybridized carbons (Fsp3) is 0.316. The topological polar surface area (TPSA) is 126 Å². The van der Waals surface area contributed by atoms with Gasteiger partial charge in [-0.25, -0.2) is 24.9 Å². The Labute approximate surface area is 176 Å². The van der Waals surface area contributed by atoms with Gasteiger partial charge in [-0.3, -0.25) is 14.9 Å². The predicted molar refractivity (Wildman–Crippen MR) is 112 cm³/mol. The second-order valence-electron chi connectivity index (χ2n) is 7.08. The number of nitrogens with one attached hydrogen (secondary N) is 2. The van der Waals surface area contributed by atoms with Gasteiger partial charge in [-0.05, 0) is 12.8 Å². The molecular formula is C19H20N8O2S. The van der Waals surface area contributed by atoms with Gasteiger partial charge in [0.05, 0.1) is 42.1 Å². The van der Waals surface area contributed by atoms with Crippen molar-refractivity contribution in [1.29, 1.82) is 0 Å². The number of aromatic nitrogens is 5. The highest BCUT2D eigenvalue weighted by Gasteiger charge is 2.28. The van der Waals surface area contributed by atoms with Gasteiger partial charge in [0.1, 0.15) is 6.33 Å². The number of carbonyl (C=O) groups excluding carboxylic acids is 2. The van der Waals surface area contributed by atoms with Gasteiger partial charge < -0.3 is 10.2 Å². The predicted octanol–water partition coefficient (Wildman–Crippen LogP) is 2.23. The summed E-state index contributed by atoms with van der Waals surface area (Å²) in [6.45, 7) is 0. The summed E-state index contributed by atoms with van der Waals surface area (Å²) >= 11 is 1.26. The minimum Gasteiger partial charge on any atom is -0.348 e. The molecule has 4 rings (SSSR count). The van der Waals surface area contributed by atoms with Crippen LogP contribution in [-0.2, 0) is 11.2 Å². The molecule has 0 aliphatic heterocycles. The molecule has 154 valence electrons. The number of carbonyl (C=O) groups is 2. The molecule has 3 aromatic rings. The monoisotopic (exact) mass is 424 g/mol. The smallest absolute Gasteiger partial charge is 0.279 e. The summed E-state index contributed by atoms with van der Waals surface area (Å²) in [6, 6.07) is 0. The van der Waals surface area contributed by atoms with E-state index < -0.39 is 5.91 Å². The standard InChI is InChI=1S/C19H20N8O2S/c1-27(2)15(28)5-12-9-30-19(24-12)26-18(29)16-17(23-13-6-20-10-21-7-13)22-8-14(25-16)11-3-4-11/h6-11H,3-5H2,1-2H3,(H,22,23)(H,24,26,29). The average Bonchev–Trinajstić information content (AvgIpc) is 3.50. The molecule has 0 unspecified atom stereocenters. The molecule has 0 radical (unpaired) electrons. The highest BCUT2D eigenvalue weighted by atomic mass is 32.1. The Kier molecular flexibility index (Phi) is 5.61. The summed E-state index contributed by atoms with van der Waals surface area (Å²) in [5.74, 6) is 0.176. The highest BCUT2D eigenvalue weighted by Crippen LogP contribution is 2.39. The quantitative estimate of drug-likeness (QED) is 0.591. The first kappa shape index (κ1) is 19.8. The molecule has 30 heavy (non-hydrogen) atoms. The number of anilines is 3. The van der Waals surface area contributed by atoms with Crippen molar-refractivity contribution < 1.29 is 9.59 Å². The number of amides is 2. The van der Waals surface area contributed by atoms with Crippen molar-refractivity contribution in [3.05, 3.63) is 47.4 Å². The number of nitrogens with zero attached hydrogens (tertiary/aromatic N) is 6. The molecule has 11 heteroatoms. The van der Waals surface area contributed by atoms with Crippen LogP contribution in [0.4, 0.5) is 16.6 Å². The molecular weight excluding hydrogens is 404 g/mol. The summed E-state index contributed by atoms with van der Waals surface area (Å²) in [5.41, 5.74) is 2.17.